The molecule has 0 aliphatic carbocycles. The summed E-state index contributed by atoms with van der Waals surface area (Å²) in [5, 5.41) is 3.26. The highest BCUT2D eigenvalue weighted by Gasteiger charge is 2.29. The Morgan fingerprint density at radius 2 is 1.62 bits per heavy atom. The number of anilines is 1. The molecule has 2 nitrogen and oxygen atoms in total. The maximum absolute atomic E-state index is 12.3. The molecule has 0 bridgehead atoms. The highest BCUT2D eigenvalue weighted by atomic mass is 32.2. The molecule has 6 heteroatoms. The summed E-state index contributed by atoms with van der Waals surface area (Å²) in [6.45, 7) is 0.348. The molecule has 2 rings (SSSR count). The van der Waals surface area contributed by atoms with Crippen molar-refractivity contribution in [1.82, 2.24) is 0 Å². The minimum absolute atomic E-state index is 0.119. The van der Waals surface area contributed by atoms with E-state index in [0.29, 0.717) is 6.54 Å². The minimum Gasteiger partial charge on any atom is -0.377 e. The molecule has 2 aromatic carbocycles. The van der Waals surface area contributed by atoms with Gasteiger partial charge in [-0.3, -0.25) is 0 Å². The molecule has 1 unspecified atom stereocenters. The summed E-state index contributed by atoms with van der Waals surface area (Å²) in [6.07, 6.45) is 0. The molecule has 0 aliphatic rings. The Kier molecular flexibility index (Phi) is 5.14. The topological polar surface area (TPSA) is 38.0 Å². The van der Waals surface area contributed by atoms with E-state index in [1.807, 2.05) is 30.3 Å². The first-order valence-electron chi connectivity index (χ1n) is 6.35. The zero-order valence-corrected chi connectivity index (χ0v) is 11.9. The predicted octanol–water partition coefficient (Wildman–Crippen LogP) is 4.41. The SMILES string of the molecule is NCC(Nc1ccccc1)c1ccc(SC(F)(F)F)cc1. The number of nitrogens with one attached hydrogen (secondary N) is 1. The summed E-state index contributed by atoms with van der Waals surface area (Å²) < 4.78 is 36.9. The molecule has 112 valence electrons. The summed E-state index contributed by atoms with van der Waals surface area (Å²) in [5.41, 5.74) is 3.25. The molecule has 0 amide bonds. The van der Waals surface area contributed by atoms with Gasteiger partial charge in [0.15, 0.2) is 0 Å². The summed E-state index contributed by atoms with van der Waals surface area (Å²) in [4.78, 5) is 0.168. The molecule has 0 fully saturated rings. The lowest BCUT2D eigenvalue weighted by atomic mass is 10.1. The van der Waals surface area contributed by atoms with Crippen molar-refractivity contribution < 1.29 is 13.2 Å². The first-order chi connectivity index (χ1) is 9.98. The van der Waals surface area contributed by atoms with Gasteiger partial charge in [-0.15, -0.1) is 0 Å². The number of alkyl halides is 3. The average Bonchev–Trinajstić information content (AvgIpc) is 2.45. The standard InChI is InChI=1S/C15H15F3N2S/c16-15(17,18)21-13-8-6-11(7-9-13)14(10-19)20-12-4-2-1-3-5-12/h1-9,14,20H,10,19H2. The molecule has 0 heterocycles. The summed E-state index contributed by atoms with van der Waals surface area (Å²) in [6, 6.07) is 15.7. The van der Waals surface area contributed by atoms with Crippen LogP contribution in [0.4, 0.5) is 18.9 Å². The number of thioether (sulfide) groups is 1. The Labute approximate surface area is 125 Å². The van der Waals surface area contributed by atoms with E-state index in [0.717, 1.165) is 11.3 Å². The van der Waals surface area contributed by atoms with Crippen LogP contribution in [-0.2, 0) is 0 Å². The van der Waals surface area contributed by atoms with Gasteiger partial charge < -0.3 is 11.1 Å². The van der Waals surface area contributed by atoms with E-state index in [1.54, 1.807) is 12.1 Å². The van der Waals surface area contributed by atoms with Crippen molar-refractivity contribution in [3.05, 3.63) is 60.2 Å². The fourth-order valence-electron chi connectivity index (χ4n) is 1.92. The van der Waals surface area contributed by atoms with E-state index in [4.69, 9.17) is 5.73 Å². The second-order valence-corrected chi connectivity index (χ2v) is 5.55. The Bertz CT molecular complexity index is 555. The van der Waals surface area contributed by atoms with Crippen molar-refractivity contribution in [3.63, 3.8) is 0 Å². The zero-order valence-electron chi connectivity index (χ0n) is 11.1. The van der Waals surface area contributed by atoms with Gasteiger partial charge in [0.25, 0.3) is 0 Å². The van der Waals surface area contributed by atoms with Gasteiger partial charge in [-0.2, -0.15) is 13.2 Å². The lowest BCUT2D eigenvalue weighted by Gasteiger charge is -2.19. The molecule has 0 radical (unpaired) electrons. The van der Waals surface area contributed by atoms with Crippen LogP contribution >= 0.6 is 11.8 Å². The van der Waals surface area contributed by atoms with Crippen molar-refractivity contribution in [2.24, 2.45) is 5.73 Å². The largest absolute Gasteiger partial charge is 0.446 e. The van der Waals surface area contributed by atoms with Crippen molar-refractivity contribution in [2.45, 2.75) is 16.4 Å². The summed E-state index contributed by atoms with van der Waals surface area (Å²) >= 11 is -0.119. The zero-order chi connectivity index (χ0) is 15.3. The van der Waals surface area contributed by atoms with Crippen LogP contribution in [0.15, 0.2) is 59.5 Å². The Hall–Kier alpha value is -1.66. The number of hydrogen-bond donors (Lipinski definition) is 2. The van der Waals surface area contributed by atoms with Gasteiger partial charge in [0, 0.05) is 17.1 Å². The van der Waals surface area contributed by atoms with Crippen LogP contribution in [0, 0.1) is 0 Å². The van der Waals surface area contributed by atoms with Crippen LogP contribution in [0.1, 0.15) is 11.6 Å². The van der Waals surface area contributed by atoms with Gasteiger partial charge in [0.05, 0.1) is 6.04 Å². The number of hydrogen-bond acceptors (Lipinski definition) is 3. The van der Waals surface area contributed by atoms with Crippen LogP contribution in [0.25, 0.3) is 0 Å². The van der Waals surface area contributed by atoms with E-state index in [1.165, 1.54) is 12.1 Å². The summed E-state index contributed by atoms with van der Waals surface area (Å²) in [5.74, 6) is 0. The highest BCUT2D eigenvalue weighted by molar-refractivity contribution is 8.00. The Morgan fingerprint density at radius 1 is 1.00 bits per heavy atom. The van der Waals surface area contributed by atoms with Gasteiger partial charge in [-0.25, -0.2) is 0 Å². The van der Waals surface area contributed by atoms with Crippen LogP contribution in [0.5, 0.6) is 0 Å². The van der Waals surface area contributed by atoms with Crippen molar-refractivity contribution in [1.29, 1.82) is 0 Å². The molecule has 0 aromatic heterocycles. The molecule has 0 saturated heterocycles. The molecule has 0 saturated carbocycles. The fourth-order valence-corrected chi connectivity index (χ4v) is 2.46. The Morgan fingerprint density at radius 3 is 2.14 bits per heavy atom. The third-order valence-electron chi connectivity index (χ3n) is 2.87. The highest BCUT2D eigenvalue weighted by Crippen LogP contribution is 2.37. The maximum Gasteiger partial charge on any atom is 0.446 e. The molecule has 0 spiro atoms. The predicted molar refractivity (Wildman–Crippen MR) is 80.2 cm³/mol. The number of rotatable bonds is 5. The molecule has 0 aliphatic heterocycles. The van der Waals surface area contributed by atoms with Crippen LogP contribution in [0.2, 0.25) is 0 Å². The summed E-state index contributed by atoms with van der Waals surface area (Å²) in [7, 11) is 0. The van der Waals surface area contributed by atoms with Gasteiger partial charge in [0.1, 0.15) is 0 Å². The van der Waals surface area contributed by atoms with Gasteiger partial charge in [-0.1, -0.05) is 30.3 Å². The lowest BCUT2D eigenvalue weighted by Crippen LogP contribution is -2.20. The molecule has 21 heavy (non-hydrogen) atoms. The van der Waals surface area contributed by atoms with Crippen LogP contribution in [0.3, 0.4) is 0 Å². The smallest absolute Gasteiger partial charge is 0.377 e. The first-order valence-corrected chi connectivity index (χ1v) is 7.17. The van der Waals surface area contributed by atoms with E-state index in [-0.39, 0.29) is 22.7 Å². The third kappa shape index (κ3) is 4.99. The Balaban J connectivity index is 2.08. The van der Waals surface area contributed by atoms with E-state index in [2.05, 4.69) is 5.32 Å². The van der Waals surface area contributed by atoms with E-state index >= 15 is 0 Å². The monoisotopic (exact) mass is 312 g/mol. The van der Waals surface area contributed by atoms with Crippen LogP contribution < -0.4 is 11.1 Å². The molecule has 3 N–H and O–H groups in total. The second kappa shape index (κ2) is 6.87. The fraction of sp³-hybridized carbons (Fsp3) is 0.200. The molecule has 1 atom stereocenters. The third-order valence-corrected chi connectivity index (χ3v) is 3.61. The quantitative estimate of drug-likeness (QED) is 0.803. The minimum atomic E-state index is -4.27. The molecular weight excluding hydrogens is 297 g/mol. The first kappa shape index (κ1) is 15.7. The number of benzene rings is 2. The van der Waals surface area contributed by atoms with Crippen molar-refractivity contribution in [3.8, 4) is 0 Å². The van der Waals surface area contributed by atoms with Crippen LogP contribution in [-0.4, -0.2) is 12.1 Å². The normalized spacial score (nSPS) is 13.0. The lowest BCUT2D eigenvalue weighted by molar-refractivity contribution is -0.0328. The van der Waals surface area contributed by atoms with E-state index < -0.39 is 5.51 Å². The number of halogens is 3. The second-order valence-electron chi connectivity index (χ2n) is 4.42. The van der Waals surface area contributed by atoms with Gasteiger partial charge in [0.2, 0.25) is 0 Å². The number of para-hydroxylation sites is 1. The molecule has 2 aromatic rings. The molecular formula is C15H15F3N2S. The average molecular weight is 312 g/mol. The van der Waals surface area contributed by atoms with E-state index in [9.17, 15) is 13.2 Å². The maximum atomic E-state index is 12.3. The number of nitrogens with two attached hydrogens (primary N) is 1. The van der Waals surface area contributed by atoms with Gasteiger partial charge in [-0.05, 0) is 41.6 Å². The van der Waals surface area contributed by atoms with Gasteiger partial charge >= 0.3 is 5.51 Å². The van der Waals surface area contributed by atoms with Crippen molar-refractivity contribution >= 4 is 17.4 Å². The van der Waals surface area contributed by atoms with Crippen molar-refractivity contribution in [2.75, 3.05) is 11.9 Å².